The molecule has 9 nitrogen and oxygen atoms in total. The molecule has 1 aromatic carbocycles. The van der Waals surface area contributed by atoms with Crippen molar-refractivity contribution in [2.24, 2.45) is 0 Å². The van der Waals surface area contributed by atoms with E-state index < -0.39 is 17.7 Å². The minimum atomic E-state index is -0.794. The van der Waals surface area contributed by atoms with Crippen LogP contribution in [0.3, 0.4) is 0 Å². The molecular formula is C24H26N2O7. The van der Waals surface area contributed by atoms with Crippen molar-refractivity contribution in [3.05, 3.63) is 53.5 Å². The summed E-state index contributed by atoms with van der Waals surface area (Å²) in [5, 5.41) is 11.1. The second-order valence-corrected chi connectivity index (χ2v) is 8.17. The molecule has 5 rings (SSSR count). The number of benzene rings is 1. The highest BCUT2D eigenvalue weighted by molar-refractivity contribution is 6.46. The molecule has 3 aliphatic heterocycles. The van der Waals surface area contributed by atoms with E-state index in [0.29, 0.717) is 62.2 Å². The number of morpholine rings is 1. The van der Waals surface area contributed by atoms with E-state index in [0.717, 1.165) is 19.6 Å². The summed E-state index contributed by atoms with van der Waals surface area (Å²) in [4.78, 5) is 29.8. The standard InChI is InChI=1S/C24H26N2O7/c27-22(16-4-5-17-19(15-16)33-14-13-32-17)20-21(18-3-1-10-31-18)26(24(29)23(20)28)7-2-6-25-8-11-30-12-9-25/h1,3-5,10,15,21,27H,2,6-9,11-14H2/b22-20+. The number of ether oxygens (including phenoxy) is 3. The first-order valence-electron chi connectivity index (χ1n) is 11.2. The van der Waals surface area contributed by atoms with Gasteiger partial charge in [0.25, 0.3) is 11.7 Å². The van der Waals surface area contributed by atoms with E-state index in [1.807, 2.05) is 0 Å². The first-order chi connectivity index (χ1) is 16.1. The molecule has 0 spiro atoms. The molecule has 0 radical (unpaired) electrons. The van der Waals surface area contributed by atoms with Gasteiger partial charge in [-0.3, -0.25) is 14.5 Å². The molecule has 174 valence electrons. The lowest BCUT2D eigenvalue weighted by atomic mass is 9.99. The first-order valence-corrected chi connectivity index (χ1v) is 11.2. The van der Waals surface area contributed by atoms with Gasteiger partial charge < -0.3 is 28.6 Å². The van der Waals surface area contributed by atoms with Crippen molar-refractivity contribution >= 4 is 17.4 Å². The Morgan fingerprint density at radius 1 is 1.00 bits per heavy atom. The Balaban J connectivity index is 1.44. The van der Waals surface area contributed by atoms with Crippen LogP contribution in [0.5, 0.6) is 11.5 Å². The number of rotatable bonds is 6. The van der Waals surface area contributed by atoms with Crippen LogP contribution in [0, 0.1) is 0 Å². The van der Waals surface area contributed by atoms with Crippen molar-refractivity contribution in [2.75, 3.05) is 52.6 Å². The molecule has 2 saturated heterocycles. The highest BCUT2D eigenvalue weighted by Crippen LogP contribution is 2.41. The van der Waals surface area contributed by atoms with Crippen LogP contribution in [0.15, 0.2) is 46.6 Å². The third-order valence-corrected chi connectivity index (χ3v) is 6.15. The number of hydrogen-bond donors (Lipinski definition) is 1. The van der Waals surface area contributed by atoms with Crippen molar-refractivity contribution in [2.45, 2.75) is 12.5 Å². The van der Waals surface area contributed by atoms with Crippen LogP contribution in [-0.2, 0) is 14.3 Å². The molecule has 1 unspecified atom stereocenters. The number of fused-ring (bicyclic) bond motifs is 1. The Hall–Kier alpha value is -3.30. The van der Waals surface area contributed by atoms with Crippen LogP contribution in [0.2, 0.25) is 0 Å². The number of aliphatic hydroxyl groups is 1. The molecule has 9 heteroatoms. The number of furan rings is 1. The smallest absolute Gasteiger partial charge is 0.295 e. The van der Waals surface area contributed by atoms with Gasteiger partial charge in [0.15, 0.2) is 11.5 Å². The predicted molar refractivity (Wildman–Crippen MR) is 117 cm³/mol. The minimum Gasteiger partial charge on any atom is -0.507 e. The number of likely N-dealkylation sites (tertiary alicyclic amines) is 1. The van der Waals surface area contributed by atoms with Crippen molar-refractivity contribution in [3.8, 4) is 11.5 Å². The molecule has 1 atom stereocenters. The largest absolute Gasteiger partial charge is 0.507 e. The Bertz CT molecular complexity index is 1060. The maximum absolute atomic E-state index is 13.1. The number of amides is 1. The number of nitrogens with zero attached hydrogens (tertiary/aromatic N) is 2. The maximum Gasteiger partial charge on any atom is 0.295 e. The zero-order chi connectivity index (χ0) is 22.8. The summed E-state index contributed by atoms with van der Waals surface area (Å²) in [6.45, 7) is 5.11. The average Bonchev–Trinajstić information content (AvgIpc) is 3.47. The summed E-state index contributed by atoms with van der Waals surface area (Å²) < 4.78 is 22.1. The van der Waals surface area contributed by atoms with Crippen LogP contribution in [0.25, 0.3) is 5.76 Å². The molecule has 0 aliphatic carbocycles. The summed E-state index contributed by atoms with van der Waals surface area (Å²) >= 11 is 0. The molecule has 4 heterocycles. The molecular weight excluding hydrogens is 428 g/mol. The van der Waals surface area contributed by atoms with E-state index in [1.54, 1.807) is 30.3 Å². The third kappa shape index (κ3) is 4.21. The lowest BCUT2D eigenvalue weighted by Gasteiger charge is -2.28. The molecule has 0 bridgehead atoms. The SMILES string of the molecule is O=C1C(=O)N(CCCN2CCOCC2)C(c2ccco2)/C1=C(\O)c1ccc2c(c1)OCCO2. The van der Waals surface area contributed by atoms with Crippen LogP contribution in [0.1, 0.15) is 23.8 Å². The van der Waals surface area contributed by atoms with Crippen molar-refractivity contribution < 1.29 is 33.3 Å². The monoisotopic (exact) mass is 454 g/mol. The van der Waals surface area contributed by atoms with E-state index >= 15 is 0 Å². The molecule has 2 fully saturated rings. The van der Waals surface area contributed by atoms with Gasteiger partial charge >= 0.3 is 0 Å². The summed E-state index contributed by atoms with van der Waals surface area (Å²) in [5.41, 5.74) is 0.389. The van der Waals surface area contributed by atoms with Gasteiger partial charge in [-0.1, -0.05) is 0 Å². The fourth-order valence-electron chi connectivity index (χ4n) is 4.49. The molecule has 1 amide bonds. The molecule has 3 aliphatic rings. The maximum atomic E-state index is 13.1. The normalized spacial score (nSPS) is 22.7. The van der Waals surface area contributed by atoms with Gasteiger partial charge in [-0.25, -0.2) is 0 Å². The van der Waals surface area contributed by atoms with Gasteiger partial charge in [0, 0.05) is 31.7 Å². The van der Waals surface area contributed by atoms with Crippen molar-refractivity contribution in [1.29, 1.82) is 0 Å². The lowest BCUT2D eigenvalue weighted by Crippen LogP contribution is -2.38. The van der Waals surface area contributed by atoms with Gasteiger partial charge in [0.1, 0.15) is 30.8 Å². The third-order valence-electron chi connectivity index (χ3n) is 6.15. The Morgan fingerprint density at radius 2 is 1.79 bits per heavy atom. The van der Waals surface area contributed by atoms with Gasteiger partial charge in [0.05, 0.1) is 25.1 Å². The fourth-order valence-corrected chi connectivity index (χ4v) is 4.49. The lowest BCUT2D eigenvalue weighted by molar-refractivity contribution is -0.140. The molecule has 1 aromatic heterocycles. The van der Waals surface area contributed by atoms with Crippen LogP contribution >= 0.6 is 0 Å². The van der Waals surface area contributed by atoms with Gasteiger partial charge in [-0.2, -0.15) is 0 Å². The summed E-state index contributed by atoms with van der Waals surface area (Å²) in [5.74, 6) is -0.141. The fraction of sp³-hybridized carbons (Fsp3) is 0.417. The Morgan fingerprint density at radius 3 is 2.55 bits per heavy atom. The summed E-state index contributed by atoms with van der Waals surface area (Å²) in [6, 6.07) is 7.57. The molecule has 1 N–H and O–H groups in total. The zero-order valence-electron chi connectivity index (χ0n) is 18.2. The van der Waals surface area contributed by atoms with E-state index in [1.165, 1.54) is 11.2 Å². The number of carbonyl (C=O) groups excluding carboxylic acids is 2. The van der Waals surface area contributed by atoms with Crippen LogP contribution in [-0.4, -0.2) is 79.2 Å². The predicted octanol–water partition coefficient (Wildman–Crippen LogP) is 2.19. The molecule has 33 heavy (non-hydrogen) atoms. The number of Topliss-reactive ketones (excluding diaryl/α,β-unsaturated/α-hetero) is 1. The van der Waals surface area contributed by atoms with E-state index in [9.17, 15) is 14.7 Å². The van der Waals surface area contributed by atoms with Crippen LogP contribution in [0.4, 0.5) is 0 Å². The van der Waals surface area contributed by atoms with Crippen molar-refractivity contribution in [1.82, 2.24) is 9.80 Å². The average molecular weight is 454 g/mol. The van der Waals surface area contributed by atoms with Gasteiger partial charge in [-0.15, -0.1) is 0 Å². The summed E-state index contributed by atoms with van der Waals surface area (Å²) in [7, 11) is 0. The minimum absolute atomic E-state index is 0.0120. The molecule has 2 aromatic rings. The second-order valence-electron chi connectivity index (χ2n) is 8.17. The summed E-state index contributed by atoms with van der Waals surface area (Å²) in [6.07, 6.45) is 2.18. The highest BCUT2D eigenvalue weighted by atomic mass is 16.6. The van der Waals surface area contributed by atoms with Gasteiger partial charge in [0.2, 0.25) is 0 Å². The van der Waals surface area contributed by atoms with Crippen LogP contribution < -0.4 is 9.47 Å². The Kier molecular flexibility index (Phi) is 6.06. The van der Waals surface area contributed by atoms with Crippen molar-refractivity contribution in [3.63, 3.8) is 0 Å². The highest BCUT2D eigenvalue weighted by Gasteiger charge is 2.47. The topological polar surface area (TPSA) is 102 Å². The number of aliphatic hydroxyl groups excluding tert-OH is 1. The second kappa shape index (κ2) is 9.29. The number of hydrogen-bond acceptors (Lipinski definition) is 8. The van der Waals surface area contributed by atoms with E-state index in [4.69, 9.17) is 18.6 Å². The quantitative estimate of drug-likeness (QED) is 0.403. The molecule has 0 saturated carbocycles. The zero-order valence-corrected chi connectivity index (χ0v) is 18.2. The number of ketones is 1. The number of carbonyl (C=O) groups is 2. The van der Waals surface area contributed by atoms with E-state index in [2.05, 4.69) is 4.90 Å². The van der Waals surface area contributed by atoms with E-state index in [-0.39, 0.29) is 11.3 Å². The van der Waals surface area contributed by atoms with Gasteiger partial charge in [-0.05, 0) is 36.8 Å². The Labute approximate surface area is 191 Å². The first kappa shape index (κ1) is 21.5.